The fourth-order valence-electron chi connectivity index (χ4n) is 1.71. The Kier molecular flexibility index (Phi) is 3.31. The predicted molar refractivity (Wildman–Crippen MR) is 60.8 cm³/mol. The average molecular weight is 222 g/mol. The number of hydrogen-bond donors (Lipinski definition) is 0. The van der Waals surface area contributed by atoms with Crippen LogP contribution < -0.4 is 0 Å². The summed E-state index contributed by atoms with van der Waals surface area (Å²) in [6, 6.07) is 10.2. The molecular weight excluding hydrogens is 208 g/mol. The van der Waals surface area contributed by atoms with Crippen LogP contribution in [0, 0.1) is 5.92 Å². The second-order valence-electron chi connectivity index (χ2n) is 3.68. The minimum atomic E-state index is -0.0605. The van der Waals surface area contributed by atoms with Crippen LogP contribution in [-0.2, 0) is 9.53 Å². The third-order valence-corrected chi connectivity index (χ3v) is 4.16. The Labute approximate surface area is 94.0 Å². The molecule has 2 atom stereocenters. The molecule has 1 aromatic rings. The lowest BCUT2D eigenvalue weighted by molar-refractivity contribution is -0.147. The molecule has 2 nitrogen and oxygen atoms in total. The summed E-state index contributed by atoms with van der Waals surface area (Å²) >= 11 is 1.78. The molecule has 0 N–H and O–H groups in total. The number of hydrogen-bond acceptors (Lipinski definition) is 3. The summed E-state index contributed by atoms with van der Waals surface area (Å²) in [5.74, 6) is 0.0369. The summed E-state index contributed by atoms with van der Waals surface area (Å²) in [6.45, 7) is 0. The van der Waals surface area contributed by atoms with Crippen LogP contribution in [0.15, 0.2) is 35.2 Å². The summed E-state index contributed by atoms with van der Waals surface area (Å²) in [5, 5.41) is 0.403. The highest BCUT2D eigenvalue weighted by molar-refractivity contribution is 8.00. The van der Waals surface area contributed by atoms with Gasteiger partial charge >= 0.3 is 5.97 Å². The van der Waals surface area contributed by atoms with Crippen LogP contribution in [-0.4, -0.2) is 18.3 Å². The van der Waals surface area contributed by atoms with Gasteiger partial charge in [-0.3, -0.25) is 4.79 Å². The van der Waals surface area contributed by atoms with E-state index in [4.69, 9.17) is 4.74 Å². The van der Waals surface area contributed by atoms with Crippen molar-refractivity contribution in [1.29, 1.82) is 0 Å². The van der Waals surface area contributed by atoms with E-state index in [2.05, 4.69) is 12.1 Å². The number of rotatable bonds is 3. The van der Waals surface area contributed by atoms with Crippen LogP contribution >= 0.6 is 11.8 Å². The van der Waals surface area contributed by atoms with E-state index in [9.17, 15) is 4.79 Å². The highest BCUT2D eigenvalue weighted by Crippen LogP contribution is 2.41. The fourth-order valence-corrected chi connectivity index (χ4v) is 3.03. The number of methoxy groups -OCH3 is 1. The van der Waals surface area contributed by atoms with E-state index in [-0.39, 0.29) is 11.9 Å². The third kappa shape index (κ3) is 2.34. The average Bonchev–Trinajstić information content (AvgIpc) is 2.25. The maximum Gasteiger partial charge on any atom is 0.309 e. The lowest BCUT2D eigenvalue weighted by Crippen LogP contribution is -2.36. The van der Waals surface area contributed by atoms with Gasteiger partial charge in [-0.25, -0.2) is 0 Å². The highest BCUT2D eigenvalue weighted by atomic mass is 32.2. The predicted octanol–water partition coefficient (Wildman–Crippen LogP) is 2.73. The van der Waals surface area contributed by atoms with Gasteiger partial charge in [-0.1, -0.05) is 18.2 Å². The van der Waals surface area contributed by atoms with Crippen molar-refractivity contribution in [2.75, 3.05) is 7.11 Å². The molecule has 0 bridgehead atoms. The molecule has 0 amide bonds. The van der Waals surface area contributed by atoms with Crippen molar-refractivity contribution < 1.29 is 9.53 Å². The van der Waals surface area contributed by atoms with E-state index in [0.717, 1.165) is 12.8 Å². The van der Waals surface area contributed by atoms with Gasteiger partial charge in [0.1, 0.15) is 0 Å². The Balaban J connectivity index is 1.94. The summed E-state index contributed by atoms with van der Waals surface area (Å²) in [6.07, 6.45) is 2.08. The molecule has 1 aliphatic rings. The molecule has 1 aliphatic carbocycles. The largest absolute Gasteiger partial charge is 0.469 e. The standard InChI is InChI=1S/C12H14O2S/c1-14-12(13)10-7-8-11(10)15-9-5-3-2-4-6-9/h2-6,10-11H,7-8H2,1H3. The lowest BCUT2D eigenvalue weighted by Gasteiger charge is -2.33. The summed E-state index contributed by atoms with van der Waals surface area (Å²) in [5.41, 5.74) is 0. The molecule has 0 heterocycles. The quantitative estimate of drug-likeness (QED) is 0.736. The molecule has 0 saturated heterocycles. The molecule has 2 unspecified atom stereocenters. The van der Waals surface area contributed by atoms with Crippen molar-refractivity contribution in [1.82, 2.24) is 0 Å². The van der Waals surface area contributed by atoms with E-state index in [1.165, 1.54) is 12.0 Å². The second kappa shape index (κ2) is 4.71. The normalized spacial score (nSPS) is 24.3. The van der Waals surface area contributed by atoms with Crippen LogP contribution in [0.5, 0.6) is 0 Å². The molecule has 1 saturated carbocycles. The number of carbonyl (C=O) groups excluding carboxylic acids is 1. The first-order valence-electron chi connectivity index (χ1n) is 5.11. The van der Waals surface area contributed by atoms with Crippen LogP contribution in [0.1, 0.15) is 12.8 Å². The van der Waals surface area contributed by atoms with Gasteiger partial charge in [-0.2, -0.15) is 0 Å². The summed E-state index contributed by atoms with van der Waals surface area (Å²) in [7, 11) is 1.46. The first-order valence-corrected chi connectivity index (χ1v) is 5.99. The minimum Gasteiger partial charge on any atom is -0.469 e. The molecular formula is C12H14O2S. The molecule has 1 aromatic carbocycles. The fraction of sp³-hybridized carbons (Fsp3) is 0.417. The zero-order valence-electron chi connectivity index (χ0n) is 8.68. The summed E-state index contributed by atoms with van der Waals surface area (Å²) < 4.78 is 4.77. The van der Waals surface area contributed by atoms with Gasteiger partial charge in [0.05, 0.1) is 13.0 Å². The first kappa shape index (κ1) is 10.6. The third-order valence-electron chi connectivity index (χ3n) is 2.75. The Hall–Kier alpha value is -0.960. The number of ether oxygens (including phenoxy) is 1. The first-order chi connectivity index (χ1) is 7.31. The molecule has 3 heteroatoms. The van der Waals surface area contributed by atoms with Crippen LogP contribution in [0.2, 0.25) is 0 Å². The Morgan fingerprint density at radius 2 is 2.07 bits per heavy atom. The smallest absolute Gasteiger partial charge is 0.309 e. The maximum atomic E-state index is 11.4. The monoisotopic (exact) mass is 222 g/mol. The number of esters is 1. The van der Waals surface area contributed by atoms with Gasteiger partial charge in [0, 0.05) is 10.1 Å². The molecule has 15 heavy (non-hydrogen) atoms. The Morgan fingerprint density at radius 1 is 1.33 bits per heavy atom. The van der Waals surface area contributed by atoms with Crippen molar-refractivity contribution >= 4 is 17.7 Å². The van der Waals surface area contributed by atoms with E-state index in [0.29, 0.717) is 5.25 Å². The van der Waals surface area contributed by atoms with Crippen molar-refractivity contribution in [2.45, 2.75) is 23.0 Å². The van der Waals surface area contributed by atoms with Gasteiger partial charge in [-0.15, -0.1) is 11.8 Å². The van der Waals surface area contributed by atoms with Gasteiger partial charge < -0.3 is 4.74 Å². The van der Waals surface area contributed by atoms with Crippen molar-refractivity contribution in [2.24, 2.45) is 5.92 Å². The molecule has 2 rings (SSSR count). The zero-order valence-corrected chi connectivity index (χ0v) is 9.50. The van der Waals surface area contributed by atoms with Gasteiger partial charge in [0.15, 0.2) is 0 Å². The van der Waals surface area contributed by atoms with Crippen molar-refractivity contribution in [3.63, 3.8) is 0 Å². The Morgan fingerprint density at radius 3 is 2.60 bits per heavy atom. The van der Waals surface area contributed by atoms with Crippen LogP contribution in [0.25, 0.3) is 0 Å². The van der Waals surface area contributed by atoms with Crippen molar-refractivity contribution in [3.05, 3.63) is 30.3 Å². The van der Waals surface area contributed by atoms with E-state index < -0.39 is 0 Å². The van der Waals surface area contributed by atoms with E-state index in [1.807, 2.05) is 18.2 Å². The molecule has 0 spiro atoms. The van der Waals surface area contributed by atoms with E-state index in [1.54, 1.807) is 11.8 Å². The van der Waals surface area contributed by atoms with Gasteiger partial charge in [0.2, 0.25) is 0 Å². The zero-order chi connectivity index (χ0) is 10.7. The Bertz CT molecular complexity index is 337. The number of thioether (sulfide) groups is 1. The molecule has 1 fully saturated rings. The molecule has 0 aromatic heterocycles. The molecule has 0 aliphatic heterocycles. The van der Waals surface area contributed by atoms with E-state index >= 15 is 0 Å². The van der Waals surface area contributed by atoms with Crippen LogP contribution in [0.3, 0.4) is 0 Å². The summed E-state index contributed by atoms with van der Waals surface area (Å²) in [4.78, 5) is 12.6. The topological polar surface area (TPSA) is 26.3 Å². The van der Waals surface area contributed by atoms with Gasteiger partial charge in [-0.05, 0) is 25.0 Å². The molecule has 80 valence electrons. The van der Waals surface area contributed by atoms with Gasteiger partial charge in [0.25, 0.3) is 0 Å². The van der Waals surface area contributed by atoms with Crippen molar-refractivity contribution in [3.8, 4) is 0 Å². The molecule has 0 radical (unpaired) electrons. The minimum absolute atomic E-state index is 0.0605. The number of carbonyl (C=O) groups is 1. The lowest BCUT2D eigenvalue weighted by atomic mass is 9.85. The number of benzene rings is 1. The maximum absolute atomic E-state index is 11.4. The van der Waals surface area contributed by atoms with Crippen LogP contribution in [0.4, 0.5) is 0 Å². The highest BCUT2D eigenvalue weighted by Gasteiger charge is 2.37. The second-order valence-corrected chi connectivity index (χ2v) is 4.99. The SMILES string of the molecule is COC(=O)C1CCC1Sc1ccccc1.